The zero-order chi connectivity index (χ0) is 19.2. The van der Waals surface area contributed by atoms with E-state index in [9.17, 15) is 9.90 Å². The number of amides is 1. The molecule has 0 aliphatic carbocycles. The SMILES string of the molecule is CCCCCn1c(O)c(N=NC(=O)c2ccccc2OC)c2ccccc21. The number of nitrogens with zero attached hydrogens (tertiary/aromatic N) is 3. The third-order valence-electron chi connectivity index (χ3n) is 4.48. The van der Waals surface area contributed by atoms with Gasteiger partial charge in [0.2, 0.25) is 5.88 Å². The second-order valence-corrected chi connectivity index (χ2v) is 6.25. The van der Waals surface area contributed by atoms with Crippen LogP contribution in [-0.2, 0) is 6.54 Å². The Balaban J connectivity index is 1.95. The van der Waals surface area contributed by atoms with Crippen molar-refractivity contribution in [3.05, 3.63) is 54.1 Å². The summed E-state index contributed by atoms with van der Waals surface area (Å²) in [6.07, 6.45) is 3.13. The molecule has 27 heavy (non-hydrogen) atoms. The van der Waals surface area contributed by atoms with E-state index in [-0.39, 0.29) is 5.88 Å². The summed E-state index contributed by atoms with van der Waals surface area (Å²) in [4.78, 5) is 12.4. The van der Waals surface area contributed by atoms with Crippen molar-refractivity contribution in [2.45, 2.75) is 32.7 Å². The molecule has 0 fully saturated rings. The first-order valence-corrected chi connectivity index (χ1v) is 9.06. The molecule has 1 N–H and O–H groups in total. The molecule has 0 bridgehead atoms. The largest absolute Gasteiger partial charge is 0.496 e. The van der Waals surface area contributed by atoms with Gasteiger partial charge in [-0.25, -0.2) is 0 Å². The predicted molar refractivity (Wildman–Crippen MR) is 105 cm³/mol. The van der Waals surface area contributed by atoms with Crippen molar-refractivity contribution in [1.82, 2.24) is 4.57 Å². The van der Waals surface area contributed by atoms with E-state index < -0.39 is 5.91 Å². The maximum atomic E-state index is 12.4. The molecule has 0 aliphatic rings. The number of methoxy groups -OCH3 is 1. The van der Waals surface area contributed by atoms with Crippen molar-refractivity contribution in [2.75, 3.05) is 7.11 Å². The normalized spacial score (nSPS) is 11.3. The van der Waals surface area contributed by atoms with Gasteiger partial charge >= 0.3 is 0 Å². The zero-order valence-corrected chi connectivity index (χ0v) is 15.6. The van der Waals surface area contributed by atoms with Gasteiger partial charge in [-0.1, -0.05) is 50.1 Å². The minimum Gasteiger partial charge on any atom is -0.496 e. The molecule has 0 unspecified atom stereocenters. The van der Waals surface area contributed by atoms with Crippen LogP contribution in [0.4, 0.5) is 5.69 Å². The molecular weight excluding hydrogens is 342 g/mol. The molecule has 0 saturated heterocycles. The third kappa shape index (κ3) is 3.84. The molecule has 6 nitrogen and oxygen atoms in total. The number of ether oxygens (including phenoxy) is 1. The molecule has 0 radical (unpaired) electrons. The second kappa shape index (κ2) is 8.49. The van der Waals surface area contributed by atoms with Gasteiger partial charge in [0.15, 0.2) is 5.69 Å². The standard InChI is InChI=1S/C21H23N3O3/c1-3-4-9-14-24-17-12-7-5-10-15(17)19(21(24)26)22-23-20(25)16-11-6-8-13-18(16)27-2/h5-8,10-13,26H,3-4,9,14H2,1-2H3. The van der Waals surface area contributed by atoms with Crippen LogP contribution in [0.5, 0.6) is 11.6 Å². The molecule has 0 atom stereocenters. The van der Waals surface area contributed by atoms with E-state index in [2.05, 4.69) is 17.2 Å². The number of rotatable bonds is 7. The number of carbonyl (C=O) groups is 1. The first kappa shape index (κ1) is 18.6. The van der Waals surface area contributed by atoms with Gasteiger partial charge in [-0.3, -0.25) is 4.79 Å². The highest BCUT2D eigenvalue weighted by atomic mass is 16.5. The number of aromatic hydroxyl groups is 1. The van der Waals surface area contributed by atoms with E-state index >= 15 is 0 Å². The molecule has 0 spiro atoms. The van der Waals surface area contributed by atoms with Crippen LogP contribution in [0.15, 0.2) is 58.8 Å². The average molecular weight is 365 g/mol. The number of para-hydroxylation sites is 2. The highest BCUT2D eigenvalue weighted by molar-refractivity contribution is 5.98. The maximum absolute atomic E-state index is 12.4. The van der Waals surface area contributed by atoms with Crippen LogP contribution in [0, 0.1) is 0 Å². The summed E-state index contributed by atoms with van der Waals surface area (Å²) >= 11 is 0. The molecule has 1 amide bonds. The van der Waals surface area contributed by atoms with Gasteiger partial charge < -0.3 is 14.4 Å². The van der Waals surface area contributed by atoms with Gasteiger partial charge in [0.25, 0.3) is 5.91 Å². The molecule has 6 heteroatoms. The number of hydrogen-bond donors (Lipinski definition) is 1. The van der Waals surface area contributed by atoms with E-state index in [0.29, 0.717) is 23.5 Å². The highest BCUT2D eigenvalue weighted by Gasteiger charge is 2.17. The minimum atomic E-state index is -0.519. The Labute approximate surface area is 158 Å². The van der Waals surface area contributed by atoms with Crippen LogP contribution in [0.2, 0.25) is 0 Å². The number of azo groups is 1. The van der Waals surface area contributed by atoms with Crippen LogP contribution < -0.4 is 4.74 Å². The van der Waals surface area contributed by atoms with Crippen LogP contribution in [0.1, 0.15) is 36.5 Å². The molecular formula is C21H23N3O3. The van der Waals surface area contributed by atoms with E-state index in [4.69, 9.17) is 4.74 Å². The quantitative estimate of drug-likeness (QED) is 0.445. The van der Waals surface area contributed by atoms with Crippen molar-refractivity contribution in [2.24, 2.45) is 10.2 Å². The Kier molecular flexibility index (Phi) is 5.86. The summed E-state index contributed by atoms with van der Waals surface area (Å²) < 4.78 is 7.02. The van der Waals surface area contributed by atoms with Crippen molar-refractivity contribution < 1.29 is 14.6 Å². The number of unbranched alkanes of at least 4 members (excludes halogenated alkanes) is 2. The smallest absolute Gasteiger partial charge is 0.299 e. The van der Waals surface area contributed by atoms with Crippen molar-refractivity contribution in [3.63, 3.8) is 0 Å². The number of benzene rings is 2. The predicted octanol–water partition coefficient (Wildman–Crippen LogP) is 5.47. The highest BCUT2D eigenvalue weighted by Crippen LogP contribution is 2.39. The monoisotopic (exact) mass is 365 g/mol. The minimum absolute atomic E-state index is 0.0314. The fraction of sp³-hybridized carbons (Fsp3) is 0.286. The van der Waals surface area contributed by atoms with E-state index in [1.807, 2.05) is 28.8 Å². The fourth-order valence-corrected chi connectivity index (χ4v) is 3.09. The molecule has 3 rings (SSSR count). The number of fused-ring (bicyclic) bond motifs is 1. The molecule has 0 aliphatic heterocycles. The Bertz CT molecular complexity index is 976. The van der Waals surface area contributed by atoms with Gasteiger partial charge in [0.1, 0.15) is 5.75 Å². The molecule has 0 saturated carbocycles. The van der Waals surface area contributed by atoms with E-state index in [1.54, 1.807) is 24.3 Å². The van der Waals surface area contributed by atoms with Gasteiger partial charge in [-0.05, 0) is 24.6 Å². The van der Waals surface area contributed by atoms with Crippen LogP contribution in [0.25, 0.3) is 10.9 Å². The molecule has 1 heterocycles. The summed E-state index contributed by atoms with van der Waals surface area (Å²) in [6, 6.07) is 14.4. The van der Waals surface area contributed by atoms with Crippen LogP contribution in [0.3, 0.4) is 0 Å². The lowest BCUT2D eigenvalue weighted by Gasteiger charge is -2.05. The van der Waals surface area contributed by atoms with Gasteiger partial charge in [0, 0.05) is 11.9 Å². The second-order valence-electron chi connectivity index (χ2n) is 6.25. The molecule has 140 valence electrons. The summed E-state index contributed by atoms with van der Waals surface area (Å²) in [5, 5.41) is 19.3. The van der Waals surface area contributed by atoms with E-state index in [1.165, 1.54) is 7.11 Å². The number of hydrogen-bond acceptors (Lipinski definition) is 4. The molecule has 2 aromatic carbocycles. The Morgan fingerprint density at radius 3 is 2.63 bits per heavy atom. The lowest BCUT2D eigenvalue weighted by atomic mass is 10.2. The first-order valence-electron chi connectivity index (χ1n) is 9.06. The van der Waals surface area contributed by atoms with E-state index in [0.717, 1.165) is 30.2 Å². The molecule has 1 aromatic heterocycles. The number of aromatic nitrogens is 1. The number of carbonyl (C=O) groups excluding carboxylic acids is 1. The summed E-state index contributed by atoms with van der Waals surface area (Å²) in [5.74, 6) is -0.0498. The zero-order valence-electron chi connectivity index (χ0n) is 15.6. The summed E-state index contributed by atoms with van der Waals surface area (Å²) in [7, 11) is 1.50. The molecule has 3 aromatic rings. The fourth-order valence-electron chi connectivity index (χ4n) is 3.09. The number of aryl methyl sites for hydroxylation is 1. The Morgan fingerprint density at radius 2 is 1.85 bits per heavy atom. The van der Waals surface area contributed by atoms with Crippen LogP contribution in [-0.4, -0.2) is 22.7 Å². The Hall–Kier alpha value is -3.15. The van der Waals surface area contributed by atoms with Crippen molar-refractivity contribution in [3.8, 4) is 11.6 Å². The van der Waals surface area contributed by atoms with Gasteiger partial charge in [-0.2, -0.15) is 0 Å². The average Bonchev–Trinajstić information content (AvgIpc) is 2.97. The van der Waals surface area contributed by atoms with Crippen LogP contribution >= 0.6 is 0 Å². The third-order valence-corrected chi connectivity index (χ3v) is 4.48. The summed E-state index contributed by atoms with van der Waals surface area (Å²) in [6.45, 7) is 2.83. The van der Waals surface area contributed by atoms with Gasteiger partial charge in [0.05, 0.1) is 18.2 Å². The van der Waals surface area contributed by atoms with Gasteiger partial charge in [-0.15, -0.1) is 10.2 Å². The van der Waals surface area contributed by atoms with Crippen molar-refractivity contribution in [1.29, 1.82) is 0 Å². The lowest BCUT2D eigenvalue weighted by molar-refractivity contribution is 0.0992. The summed E-state index contributed by atoms with van der Waals surface area (Å²) in [5.41, 5.74) is 1.52. The first-order chi connectivity index (χ1) is 13.2. The Morgan fingerprint density at radius 1 is 1.11 bits per heavy atom. The maximum Gasteiger partial charge on any atom is 0.299 e. The lowest BCUT2D eigenvalue weighted by Crippen LogP contribution is -1.98. The topological polar surface area (TPSA) is 76.2 Å². The van der Waals surface area contributed by atoms with Crippen molar-refractivity contribution >= 4 is 22.5 Å².